The Morgan fingerprint density at radius 1 is 1.24 bits per heavy atom. The fourth-order valence-corrected chi connectivity index (χ4v) is 5.76. The summed E-state index contributed by atoms with van der Waals surface area (Å²) in [5.41, 5.74) is 2.26. The van der Waals surface area contributed by atoms with Crippen molar-refractivity contribution in [3.05, 3.63) is 32.7 Å². The Labute approximate surface area is 154 Å². The number of nitrogens with zero attached hydrogens (tertiary/aromatic N) is 5. The monoisotopic (exact) mass is 375 g/mol. The largest absolute Gasteiger partial charge is 0.342 e. The highest BCUT2D eigenvalue weighted by atomic mass is 32.2. The van der Waals surface area contributed by atoms with Crippen LogP contribution in [0.25, 0.3) is 0 Å². The van der Waals surface area contributed by atoms with Gasteiger partial charge in [0.25, 0.3) is 5.56 Å². The Morgan fingerprint density at radius 3 is 3.04 bits per heavy atom. The van der Waals surface area contributed by atoms with Crippen molar-refractivity contribution in [1.82, 2.24) is 20.0 Å². The van der Waals surface area contributed by atoms with Crippen molar-refractivity contribution in [2.24, 2.45) is 0 Å². The summed E-state index contributed by atoms with van der Waals surface area (Å²) < 4.78 is 1.68. The van der Waals surface area contributed by atoms with Crippen molar-refractivity contribution >= 4 is 28.2 Å². The van der Waals surface area contributed by atoms with E-state index in [0.29, 0.717) is 18.5 Å². The highest BCUT2D eigenvalue weighted by molar-refractivity contribution is 7.98. The lowest BCUT2D eigenvalue weighted by molar-refractivity contribution is 0.480. The van der Waals surface area contributed by atoms with Gasteiger partial charge in [-0.3, -0.25) is 4.79 Å². The number of hydrogen-bond acceptors (Lipinski definition) is 7. The van der Waals surface area contributed by atoms with Crippen LogP contribution in [0, 0.1) is 0 Å². The summed E-state index contributed by atoms with van der Waals surface area (Å²) in [6.45, 7) is 1.65. The molecular formula is C17H21N5OS2. The van der Waals surface area contributed by atoms with Gasteiger partial charge in [0.05, 0.1) is 18.3 Å². The number of fused-ring (bicyclic) bond motifs is 1. The first-order valence-corrected chi connectivity index (χ1v) is 11.0. The molecule has 0 radical (unpaired) electrons. The highest BCUT2D eigenvalue weighted by Crippen LogP contribution is 2.43. The van der Waals surface area contributed by atoms with Gasteiger partial charge in [-0.1, -0.05) is 11.3 Å². The zero-order chi connectivity index (χ0) is 16.8. The summed E-state index contributed by atoms with van der Waals surface area (Å²) in [6, 6.07) is 2.09. The fraction of sp³-hybridized carbons (Fsp3) is 0.647. The number of anilines is 1. The second kappa shape index (κ2) is 6.39. The molecular weight excluding hydrogens is 354 g/mol. The molecule has 4 heterocycles. The lowest BCUT2D eigenvalue weighted by Crippen LogP contribution is -2.37. The first-order valence-electron chi connectivity index (χ1n) is 9.05. The molecule has 6 nitrogen and oxygen atoms in total. The van der Waals surface area contributed by atoms with Crippen LogP contribution in [0.2, 0.25) is 0 Å². The average Bonchev–Trinajstić information content (AvgIpc) is 3.17. The molecule has 0 N–H and O–H groups in total. The van der Waals surface area contributed by atoms with E-state index in [1.54, 1.807) is 22.1 Å². The van der Waals surface area contributed by atoms with E-state index in [2.05, 4.69) is 20.2 Å². The molecule has 2 fully saturated rings. The van der Waals surface area contributed by atoms with Crippen LogP contribution in [0.15, 0.2) is 10.9 Å². The minimum Gasteiger partial charge on any atom is -0.342 e. The van der Waals surface area contributed by atoms with Crippen LogP contribution in [0.5, 0.6) is 0 Å². The Morgan fingerprint density at radius 2 is 2.16 bits per heavy atom. The molecule has 2 aromatic rings. The van der Waals surface area contributed by atoms with Gasteiger partial charge < -0.3 is 4.90 Å². The minimum absolute atomic E-state index is 0.0315. The Hall–Kier alpha value is -1.41. The third-order valence-electron chi connectivity index (χ3n) is 5.27. The number of rotatable bonds is 4. The second-order valence-electron chi connectivity index (χ2n) is 7.13. The average molecular weight is 376 g/mol. The molecule has 0 spiro atoms. The van der Waals surface area contributed by atoms with E-state index in [-0.39, 0.29) is 5.56 Å². The molecule has 132 valence electrons. The molecule has 1 saturated carbocycles. The topological polar surface area (TPSA) is 63.9 Å². The van der Waals surface area contributed by atoms with Gasteiger partial charge in [0, 0.05) is 30.7 Å². The fourth-order valence-electron chi connectivity index (χ4n) is 3.70. The zero-order valence-electron chi connectivity index (χ0n) is 14.1. The van der Waals surface area contributed by atoms with E-state index in [1.807, 2.05) is 11.8 Å². The van der Waals surface area contributed by atoms with Crippen LogP contribution < -0.4 is 10.5 Å². The summed E-state index contributed by atoms with van der Waals surface area (Å²) >= 11 is 3.62. The van der Waals surface area contributed by atoms with Gasteiger partial charge in [-0.05, 0) is 37.0 Å². The SMILES string of the molecule is O=c1cc2c(nn1CC1CCCN1c1nnc(C3CC3)s1)CCSC2. The van der Waals surface area contributed by atoms with Crippen molar-refractivity contribution in [3.8, 4) is 0 Å². The van der Waals surface area contributed by atoms with Gasteiger partial charge in [0.15, 0.2) is 0 Å². The smallest absolute Gasteiger partial charge is 0.267 e. The molecule has 3 aliphatic rings. The van der Waals surface area contributed by atoms with Gasteiger partial charge in [-0.15, -0.1) is 10.2 Å². The first kappa shape index (κ1) is 15.8. The lowest BCUT2D eigenvalue weighted by Gasteiger charge is -2.24. The minimum atomic E-state index is 0.0315. The number of thioether (sulfide) groups is 1. The molecule has 5 rings (SSSR count). The maximum absolute atomic E-state index is 12.5. The predicted octanol–water partition coefficient (Wildman–Crippen LogP) is 2.43. The predicted molar refractivity (Wildman–Crippen MR) is 101 cm³/mol. The van der Waals surface area contributed by atoms with E-state index >= 15 is 0 Å². The summed E-state index contributed by atoms with van der Waals surface area (Å²) in [5, 5.41) is 15.7. The van der Waals surface area contributed by atoms with Crippen LogP contribution in [-0.2, 0) is 18.7 Å². The van der Waals surface area contributed by atoms with Crippen LogP contribution in [0.1, 0.15) is 47.9 Å². The molecule has 1 saturated heterocycles. The molecule has 2 aliphatic heterocycles. The second-order valence-corrected chi connectivity index (χ2v) is 9.22. The zero-order valence-corrected chi connectivity index (χ0v) is 15.7. The van der Waals surface area contributed by atoms with Gasteiger partial charge in [-0.25, -0.2) is 4.68 Å². The standard InChI is InChI=1S/C17H21N5OS2/c23-15-8-12-10-24-7-5-14(12)20-22(15)9-13-2-1-6-21(13)17-19-18-16(25-17)11-3-4-11/h8,11,13H,1-7,9-10H2. The van der Waals surface area contributed by atoms with Crippen LogP contribution in [0.4, 0.5) is 5.13 Å². The molecule has 25 heavy (non-hydrogen) atoms. The Kier molecular flexibility index (Phi) is 4.04. The van der Waals surface area contributed by atoms with E-state index in [4.69, 9.17) is 0 Å². The van der Waals surface area contributed by atoms with Crippen LogP contribution in [-0.4, -0.2) is 38.3 Å². The van der Waals surface area contributed by atoms with Crippen LogP contribution >= 0.6 is 23.1 Å². The van der Waals surface area contributed by atoms with E-state index in [1.165, 1.54) is 17.8 Å². The Balaban J connectivity index is 1.38. The molecule has 1 aliphatic carbocycles. The van der Waals surface area contributed by atoms with Crippen molar-refractivity contribution in [2.75, 3.05) is 17.2 Å². The van der Waals surface area contributed by atoms with E-state index in [0.717, 1.165) is 53.7 Å². The molecule has 0 amide bonds. The van der Waals surface area contributed by atoms with Crippen molar-refractivity contribution in [1.29, 1.82) is 0 Å². The van der Waals surface area contributed by atoms with Crippen molar-refractivity contribution in [3.63, 3.8) is 0 Å². The molecule has 0 bridgehead atoms. The quantitative estimate of drug-likeness (QED) is 0.818. The molecule has 1 unspecified atom stereocenters. The van der Waals surface area contributed by atoms with E-state index in [9.17, 15) is 4.79 Å². The van der Waals surface area contributed by atoms with Gasteiger partial charge in [0.1, 0.15) is 5.01 Å². The van der Waals surface area contributed by atoms with Gasteiger partial charge in [-0.2, -0.15) is 16.9 Å². The molecule has 0 aromatic carbocycles. The van der Waals surface area contributed by atoms with E-state index < -0.39 is 0 Å². The number of hydrogen-bond donors (Lipinski definition) is 0. The number of aryl methyl sites for hydroxylation is 1. The summed E-state index contributed by atoms with van der Waals surface area (Å²) in [5.74, 6) is 2.67. The maximum Gasteiger partial charge on any atom is 0.267 e. The Bertz CT molecular complexity index is 844. The third kappa shape index (κ3) is 3.10. The normalized spacial score (nSPS) is 23.0. The lowest BCUT2D eigenvalue weighted by atomic mass is 10.2. The third-order valence-corrected chi connectivity index (χ3v) is 7.40. The molecule has 8 heteroatoms. The maximum atomic E-state index is 12.5. The summed E-state index contributed by atoms with van der Waals surface area (Å²) in [6.07, 6.45) is 5.70. The van der Waals surface area contributed by atoms with Gasteiger partial charge in [0.2, 0.25) is 5.13 Å². The first-order chi connectivity index (χ1) is 12.3. The molecule has 2 aromatic heterocycles. The highest BCUT2D eigenvalue weighted by Gasteiger charge is 2.32. The van der Waals surface area contributed by atoms with Crippen molar-refractivity contribution < 1.29 is 0 Å². The van der Waals surface area contributed by atoms with Crippen molar-refractivity contribution in [2.45, 2.75) is 56.4 Å². The van der Waals surface area contributed by atoms with Crippen LogP contribution in [0.3, 0.4) is 0 Å². The molecule has 1 atom stereocenters. The van der Waals surface area contributed by atoms with Gasteiger partial charge >= 0.3 is 0 Å². The summed E-state index contributed by atoms with van der Waals surface area (Å²) in [7, 11) is 0. The summed E-state index contributed by atoms with van der Waals surface area (Å²) in [4.78, 5) is 14.8. The number of aromatic nitrogens is 4.